The van der Waals surface area contributed by atoms with Crippen LogP contribution in [-0.4, -0.2) is 0 Å². The monoisotopic (exact) mass is 236 g/mol. The third-order valence-electron chi connectivity index (χ3n) is 2.46. The molecule has 2 rings (SSSR count). The standard InChI is InChI=1S/C12H13FN2S/c1-8-4-5-9(10(13)7-8)12(15-14)11-3-2-6-16-11/h2-7,12,15H,14H2,1H3. The molecule has 4 heteroatoms. The average molecular weight is 236 g/mol. The fourth-order valence-corrected chi connectivity index (χ4v) is 2.45. The number of aryl methyl sites for hydroxylation is 1. The number of benzene rings is 1. The largest absolute Gasteiger partial charge is 0.271 e. The summed E-state index contributed by atoms with van der Waals surface area (Å²) in [4.78, 5) is 1.00. The number of hydrogen-bond acceptors (Lipinski definition) is 3. The van der Waals surface area contributed by atoms with E-state index < -0.39 is 0 Å². The average Bonchev–Trinajstić information content (AvgIpc) is 2.75. The van der Waals surface area contributed by atoms with Gasteiger partial charge in [-0.1, -0.05) is 18.2 Å². The zero-order chi connectivity index (χ0) is 11.5. The van der Waals surface area contributed by atoms with Crippen LogP contribution in [0.25, 0.3) is 0 Å². The third kappa shape index (κ3) is 2.14. The summed E-state index contributed by atoms with van der Waals surface area (Å²) < 4.78 is 13.8. The van der Waals surface area contributed by atoms with Crippen molar-refractivity contribution in [3.05, 3.63) is 57.5 Å². The van der Waals surface area contributed by atoms with E-state index in [1.54, 1.807) is 17.4 Å². The summed E-state index contributed by atoms with van der Waals surface area (Å²) in [6, 6.07) is 8.77. The van der Waals surface area contributed by atoms with Crippen LogP contribution >= 0.6 is 11.3 Å². The number of halogens is 1. The molecule has 0 aliphatic carbocycles. The van der Waals surface area contributed by atoms with Crippen LogP contribution in [0.5, 0.6) is 0 Å². The Kier molecular flexibility index (Phi) is 3.33. The molecule has 0 saturated carbocycles. The van der Waals surface area contributed by atoms with E-state index in [4.69, 9.17) is 5.84 Å². The van der Waals surface area contributed by atoms with Gasteiger partial charge in [0, 0.05) is 10.4 Å². The minimum atomic E-state index is -0.277. The lowest BCUT2D eigenvalue weighted by atomic mass is 10.0. The predicted molar refractivity (Wildman–Crippen MR) is 64.6 cm³/mol. The van der Waals surface area contributed by atoms with E-state index in [0.29, 0.717) is 5.56 Å². The first kappa shape index (κ1) is 11.3. The highest BCUT2D eigenvalue weighted by atomic mass is 32.1. The van der Waals surface area contributed by atoms with Crippen LogP contribution in [0.2, 0.25) is 0 Å². The molecule has 0 fully saturated rings. The maximum Gasteiger partial charge on any atom is 0.128 e. The molecule has 1 atom stereocenters. The highest BCUT2D eigenvalue weighted by molar-refractivity contribution is 7.10. The molecule has 1 heterocycles. The quantitative estimate of drug-likeness (QED) is 0.635. The number of hydrazine groups is 1. The van der Waals surface area contributed by atoms with E-state index in [2.05, 4.69) is 5.43 Å². The van der Waals surface area contributed by atoms with Gasteiger partial charge in [-0.2, -0.15) is 0 Å². The first-order valence-electron chi connectivity index (χ1n) is 4.98. The van der Waals surface area contributed by atoms with Crippen molar-refractivity contribution in [3.63, 3.8) is 0 Å². The van der Waals surface area contributed by atoms with Gasteiger partial charge in [-0.25, -0.2) is 9.82 Å². The number of rotatable bonds is 3. The third-order valence-corrected chi connectivity index (χ3v) is 3.40. The molecule has 0 spiro atoms. The van der Waals surface area contributed by atoms with Crippen molar-refractivity contribution in [1.29, 1.82) is 0 Å². The van der Waals surface area contributed by atoms with Gasteiger partial charge in [0.25, 0.3) is 0 Å². The first-order chi connectivity index (χ1) is 7.72. The molecule has 84 valence electrons. The van der Waals surface area contributed by atoms with Crippen LogP contribution in [0, 0.1) is 12.7 Å². The predicted octanol–water partition coefficient (Wildman–Crippen LogP) is 2.75. The highest BCUT2D eigenvalue weighted by Crippen LogP contribution is 2.27. The van der Waals surface area contributed by atoms with E-state index in [9.17, 15) is 4.39 Å². The van der Waals surface area contributed by atoms with Crippen LogP contribution in [0.15, 0.2) is 35.7 Å². The summed E-state index contributed by atoms with van der Waals surface area (Å²) >= 11 is 1.55. The van der Waals surface area contributed by atoms with Gasteiger partial charge in [-0.3, -0.25) is 5.84 Å². The van der Waals surface area contributed by atoms with Gasteiger partial charge in [0.1, 0.15) is 5.82 Å². The summed E-state index contributed by atoms with van der Waals surface area (Å²) in [5.74, 6) is 5.27. The lowest BCUT2D eigenvalue weighted by Gasteiger charge is -2.15. The Balaban J connectivity index is 2.41. The van der Waals surface area contributed by atoms with Gasteiger partial charge in [0.15, 0.2) is 0 Å². The lowest BCUT2D eigenvalue weighted by Crippen LogP contribution is -2.28. The molecule has 0 aliphatic heterocycles. The van der Waals surface area contributed by atoms with Crippen molar-refractivity contribution >= 4 is 11.3 Å². The molecule has 2 aromatic rings. The van der Waals surface area contributed by atoms with Gasteiger partial charge in [-0.05, 0) is 30.0 Å². The SMILES string of the molecule is Cc1ccc(C(NN)c2cccs2)c(F)c1. The molecule has 1 aromatic heterocycles. The Hall–Kier alpha value is -1.23. The molecule has 0 saturated heterocycles. The molecule has 2 nitrogen and oxygen atoms in total. The van der Waals surface area contributed by atoms with Crippen LogP contribution < -0.4 is 11.3 Å². The molecule has 0 bridgehead atoms. The van der Waals surface area contributed by atoms with Crippen LogP contribution in [0.4, 0.5) is 4.39 Å². The Morgan fingerprint density at radius 3 is 2.75 bits per heavy atom. The molecule has 1 aromatic carbocycles. The van der Waals surface area contributed by atoms with Crippen molar-refractivity contribution in [2.75, 3.05) is 0 Å². The minimum Gasteiger partial charge on any atom is -0.271 e. The summed E-state index contributed by atoms with van der Waals surface area (Å²) in [5, 5.41) is 1.95. The van der Waals surface area contributed by atoms with E-state index in [-0.39, 0.29) is 11.9 Å². The second-order valence-corrected chi connectivity index (χ2v) is 4.62. The second-order valence-electron chi connectivity index (χ2n) is 3.64. The summed E-state index contributed by atoms with van der Waals surface area (Å²) in [6.45, 7) is 1.86. The Morgan fingerprint density at radius 2 is 2.19 bits per heavy atom. The van der Waals surface area contributed by atoms with E-state index in [0.717, 1.165) is 10.4 Å². The van der Waals surface area contributed by atoms with E-state index >= 15 is 0 Å². The molecule has 16 heavy (non-hydrogen) atoms. The molecule has 0 aliphatic rings. The molecule has 1 unspecified atom stereocenters. The highest BCUT2D eigenvalue weighted by Gasteiger charge is 2.17. The van der Waals surface area contributed by atoms with Crippen molar-refractivity contribution in [1.82, 2.24) is 5.43 Å². The molecule has 0 radical (unpaired) electrons. The van der Waals surface area contributed by atoms with Gasteiger partial charge in [0.2, 0.25) is 0 Å². The number of thiophene rings is 1. The Labute approximate surface area is 97.9 Å². The number of nitrogens with one attached hydrogen (secondary N) is 1. The molecule has 0 amide bonds. The number of hydrogen-bond donors (Lipinski definition) is 2. The van der Waals surface area contributed by atoms with Crippen LogP contribution in [-0.2, 0) is 0 Å². The summed E-state index contributed by atoms with van der Waals surface area (Å²) in [6.07, 6.45) is 0. The summed E-state index contributed by atoms with van der Waals surface area (Å²) in [5.41, 5.74) is 4.14. The Bertz CT molecular complexity index is 468. The fraction of sp³-hybridized carbons (Fsp3) is 0.167. The number of nitrogens with two attached hydrogens (primary N) is 1. The molecule has 3 N–H and O–H groups in total. The van der Waals surface area contributed by atoms with Gasteiger partial charge in [0.05, 0.1) is 6.04 Å². The minimum absolute atomic E-state index is 0.226. The van der Waals surface area contributed by atoms with Crippen LogP contribution in [0.3, 0.4) is 0 Å². The maximum atomic E-state index is 13.8. The Morgan fingerprint density at radius 1 is 1.38 bits per heavy atom. The van der Waals surface area contributed by atoms with Crippen molar-refractivity contribution in [3.8, 4) is 0 Å². The topological polar surface area (TPSA) is 38.0 Å². The maximum absolute atomic E-state index is 13.8. The van der Waals surface area contributed by atoms with Gasteiger partial charge in [-0.15, -0.1) is 11.3 Å². The van der Waals surface area contributed by atoms with Crippen molar-refractivity contribution in [2.24, 2.45) is 5.84 Å². The van der Waals surface area contributed by atoms with Crippen molar-refractivity contribution in [2.45, 2.75) is 13.0 Å². The lowest BCUT2D eigenvalue weighted by molar-refractivity contribution is 0.563. The molecular formula is C12H13FN2S. The van der Waals surface area contributed by atoms with E-state index in [1.165, 1.54) is 6.07 Å². The van der Waals surface area contributed by atoms with E-state index in [1.807, 2.05) is 30.5 Å². The van der Waals surface area contributed by atoms with Crippen LogP contribution in [0.1, 0.15) is 22.0 Å². The van der Waals surface area contributed by atoms with Gasteiger partial charge < -0.3 is 0 Å². The summed E-state index contributed by atoms with van der Waals surface area (Å²) in [7, 11) is 0. The zero-order valence-electron chi connectivity index (χ0n) is 8.91. The second kappa shape index (κ2) is 4.74. The first-order valence-corrected chi connectivity index (χ1v) is 5.86. The van der Waals surface area contributed by atoms with Gasteiger partial charge >= 0.3 is 0 Å². The van der Waals surface area contributed by atoms with Crippen molar-refractivity contribution < 1.29 is 4.39 Å². The normalized spacial score (nSPS) is 12.7. The zero-order valence-corrected chi connectivity index (χ0v) is 9.72. The smallest absolute Gasteiger partial charge is 0.128 e. The molecular weight excluding hydrogens is 223 g/mol. The fourth-order valence-electron chi connectivity index (χ4n) is 1.65.